The molecule has 1 amide bonds. The lowest BCUT2D eigenvalue weighted by molar-refractivity contribution is -0.126. The molecule has 0 atom stereocenters. The largest absolute Gasteiger partial charge is 0.339 e. The summed E-state index contributed by atoms with van der Waals surface area (Å²) in [6.45, 7) is 5.43. The molecule has 1 heterocycles. The Kier molecular flexibility index (Phi) is 6.14. The minimum absolute atomic E-state index is 0.116. The lowest BCUT2D eigenvalue weighted by Crippen LogP contribution is -2.37. The molecule has 0 aromatic carbocycles. The number of carbonyl (C=O) groups excluding carboxylic acids is 1. The fourth-order valence-corrected chi connectivity index (χ4v) is 2.09. The van der Waals surface area contributed by atoms with Gasteiger partial charge in [-0.25, -0.2) is 4.79 Å². The van der Waals surface area contributed by atoms with E-state index >= 15 is 0 Å². The molecule has 0 bridgehead atoms. The summed E-state index contributed by atoms with van der Waals surface area (Å²) in [7, 11) is 2.99. The maximum absolute atomic E-state index is 12.1. The molecule has 0 fully saturated rings. The first kappa shape index (κ1) is 16.9. The standard InChI is InChI=1S/C15H23N3O3/c1-5-9-18(10-6-2)13(19)8-7-12-11-16(3)15(21)17(4)14(12)20/h7-8,11H,5-6,9-10H2,1-4H3/b8-7+. The number of nitrogens with zero attached hydrogens (tertiary/aromatic N) is 3. The molecule has 0 aliphatic carbocycles. The first-order valence-electron chi connectivity index (χ1n) is 7.16. The Hall–Kier alpha value is -2.11. The Morgan fingerprint density at radius 3 is 2.29 bits per heavy atom. The summed E-state index contributed by atoms with van der Waals surface area (Å²) in [6, 6.07) is 0. The van der Waals surface area contributed by atoms with E-state index in [0.717, 1.165) is 17.4 Å². The average molecular weight is 293 g/mol. The Balaban J connectivity index is 3.02. The topological polar surface area (TPSA) is 64.3 Å². The van der Waals surface area contributed by atoms with Gasteiger partial charge >= 0.3 is 5.69 Å². The normalized spacial score (nSPS) is 11.0. The number of amides is 1. The van der Waals surface area contributed by atoms with Crippen molar-refractivity contribution in [2.45, 2.75) is 26.7 Å². The van der Waals surface area contributed by atoms with E-state index in [-0.39, 0.29) is 11.6 Å². The summed E-state index contributed by atoms with van der Waals surface area (Å²) in [5.74, 6) is -0.116. The van der Waals surface area contributed by atoms with E-state index < -0.39 is 5.56 Å². The van der Waals surface area contributed by atoms with Crippen LogP contribution in [0.4, 0.5) is 0 Å². The van der Waals surface area contributed by atoms with Gasteiger partial charge in [0.05, 0.1) is 5.56 Å². The molecule has 1 rings (SSSR count). The van der Waals surface area contributed by atoms with E-state index in [1.165, 1.54) is 30.0 Å². The Bertz CT molecular complexity index is 635. The van der Waals surface area contributed by atoms with Crippen molar-refractivity contribution in [3.63, 3.8) is 0 Å². The van der Waals surface area contributed by atoms with Gasteiger partial charge in [-0.3, -0.25) is 14.2 Å². The number of aryl methyl sites for hydroxylation is 1. The van der Waals surface area contributed by atoms with Gasteiger partial charge in [-0.1, -0.05) is 13.8 Å². The highest BCUT2D eigenvalue weighted by atomic mass is 16.2. The Labute approximate surface area is 124 Å². The predicted molar refractivity (Wildman–Crippen MR) is 83.1 cm³/mol. The van der Waals surface area contributed by atoms with Crippen molar-refractivity contribution in [2.24, 2.45) is 14.1 Å². The van der Waals surface area contributed by atoms with Crippen LogP contribution < -0.4 is 11.2 Å². The molecule has 116 valence electrons. The van der Waals surface area contributed by atoms with Crippen LogP contribution in [0.1, 0.15) is 32.3 Å². The zero-order chi connectivity index (χ0) is 16.0. The van der Waals surface area contributed by atoms with Crippen LogP contribution in [0, 0.1) is 0 Å². The van der Waals surface area contributed by atoms with Crippen LogP contribution in [0.25, 0.3) is 6.08 Å². The van der Waals surface area contributed by atoms with Crippen LogP contribution in [-0.2, 0) is 18.9 Å². The second-order valence-electron chi connectivity index (χ2n) is 5.00. The number of aromatic nitrogens is 2. The number of carbonyl (C=O) groups is 1. The lowest BCUT2D eigenvalue weighted by Gasteiger charge is -2.19. The van der Waals surface area contributed by atoms with Crippen molar-refractivity contribution in [3.8, 4) is 0 Å². The van der Waals surface area contributed by atoms with E-state index in [1.807, 2.05) is 13.8 Å². The van der Waals surface area contributed by atoms with Crippen LogP contribution in [0.3, 0.4) is 0 Å². The van der Waals surface area contributed by atoms with Gasteiger partial charge in [-0.2, -0.15) is 0 Å². The van der Waals surface area contributed by atoms with E-state index in [2.05, 4.69) is 0 Å². The number of hydrogen-bond donors (Lipinski definition) is 0. The van der Waals surface area contributed by atoms with E-state index in [1.54, 1.807) is 11.9 Å². The third kappa shape index (κ3) is 4.18. The lowest BCUT2D eigenvalue weighted by atomic mass is 10.2. The van der Waals surface area contributed by atoms with Crippen molar-refractivity contribution in [1.82, 2.24) is 14.0 Å². The summed E-state index contributed by atoms with van der Waals surface area (Å²) in [5, 5.41) is 0. The highest BCUT2D eigenvalue weighted by Gasteiger charge is 2.09. The summed E-state index contributed by atoms with van der Waals surface area (Å²) < 4.78 is 2.35. The van der Waals surface area contributed by atoms with Gasteiger partial charge < -0.3 is 9.47 Å². The second-order valence-corrected chi connectivity index (χ2v) is 5.00. The van der Waals surface area contributed by atoms with Gasteiger partial charge in [0.2, 0.25) is 5.91 Å². The van der Waals surface area contributed by atoms with Crippen LogP contribution in [0.5, 0.6) is 0 Å². The molecule has 0 N–H and O–H groups in total. The number of hydrogen-bond acceptors (Lipinski definition) is 3. The minimum Gasteiger partial charge on any atom is -0.339 e. The maximum Gasteiger partial charge on any atom is 0.330 e. The van der Waals surface area contributed by atoms with Gasteiger partial charge in [0.15, 0.2) is 0 Å². The molecule has 0 saturated heterocycles. The third-order valence-corrected chi connectivity index (χ3v) is 3.18. The number of rotatable bonds is 6. The first-order chi connectivity index (χ1) is 9.92. The van der Waals surface area contributed by atoms with E-state index in [0.29, 0.717) is 18.7 Å². The van der Waals surface area contributed by atoms with Crippen LogP contribution in [0.15, 0.2) is 21.9 Å². The van der Waals surface area contributed by atoms with Crippen molar-refractivity contribution in [1.29, 1.82) is 0 Å². The molecule has 21 heavy (non-hydrogen) atoms. The molecule has 6 heteroatoms. The molecular formula is C15H23N3O3. The first-order valence-corrected chi connectivity index (χ1v) is 7.16. The Morgan fingerprint density at radius 1 is 1.19 bits per heavy atom. The van der Waals surface area contributed by atoms with E-state index in [9.17, 15) is 14.4 Å². The highest BCUT2D eigenvalue weighted by molar-refractivity contribution is 5.91. The van der Waals surface area contributed by atoms with Gasteiger partial charge in [0.25, 0.3) is 5.56 Å². The Morgan fingerprint density at radius 2 is 1.76 bits per heavy atom. The summed E-state index contributed by atoms with van der Waals surface area (Å²) in [5.41, 5.74) is -0.470. The molecule has 0 aliphatic heterocycles. The summed E-state index contributed by atoms with van der Waals surface area (Å²) in [6.07, 6.45) is 6.09. The summed E-state index contributed by atoms with van der Waals surface area (Å²) in [4.78, 5) is 37.4. The van der Waals surface area contributed by atoms with Gasteiger partial charge in [0, 0.05) is 39.5 Å². The molecule has 1 aromatic rings. The fraction of sp³-hybridized carbons (Fsp3) is 0.533. The molecule has 0 saturated carbocycles. The highest BCUT2D eigenvalue weighted by Crippen LogP contribution is 1.99. The zero-order valence-electron chi connectivity index (χ0n) is 13.1. The molecule has 6 nitrogen and oxygen atoms in total. The maximum atomic E-state index is 12.1. The minimum atomic E-state index is -0.403. The zero-order valence-corrected chi connectivity index (χ0v) is 13.1. The second kappa shape index (κ2) is 7.61. The third-order valence-electron chi connectivity index (χ3n) is 3.18. The molecule has 0 spiro atoms. The quantitative estimate of drug-likeness (QED) is 0.727. The van der Waals surface area contributed by atoms with Crippen molar-refractivity contribution >= 4 is 12.0 Å². The SMILES string of the molecule is CCCN(CCC)C(=O)/C=C/c1cn(C)c(=O)n(C)c1=O. The van der Waals surface area contributed by atoms with Crippen molar-refractivity contribution in [2.75, 3.05) is 13.1 Å². The van der Waals surface area contributed by atoms with Gasteiger partial charge in [-0.05, 0) is 18.9 Å². The van der Waals surface area contributed by atoms with Crippen molar-refractivity contribution < 1.29 is 4.79 Å². The van der Waals surface area contributed by atoms with Crippen LogP contribution >= 0.6 is 0 Å². The molecule has 1 aromatic heterocycles. The molecule has 0 unspecified atom stereocenters. The molecule has 0 radical (unpaired) electrons. The molecule has 0 aliphatic rings. The fourth-order valence-electron chi connectivity index (χ4n) is 2.09. The van der Waals surface area contributed by atoms with Crippen LogP contribution in [0.2, 0.25) is 0 Å². The van der Waals surface area contributed by atoms with Crippen LogP contribution in [-0.4, -0.2) is 33.0 Å². The monoisotopic (exact) mass is 293 g/mol. The smallest absolute Gasteiger partial charge is 0.330 e. The van der Waals surface area contributed by atoms with Gasteiger partial charge in [-0.15, -0.1) is 0 Å². The summed E-state index contributed by atoms with van der Waals surface area (Å²) >= 11 is 0. The van der Waals surface area contributed by atoms with Crippen molar-refractivity contribution in [3.05, 3.63) is 38.7 Å². The molecular weight excluding hydrogens is 270 g/mol. The predicted octanol–water partition coefficient (Wildman–Crippen LogP) is 0.746. The van der Waals surface area contributed by atoms with E-state index in [4.69, 9.17) is 0 Å². The average Bonchev–Trinajstić information content (AvgIpc) is 2.47. The van der Waals surface area contributed by atoms with Gasteiger partial charge in [0.1, 0.15) is 0 Å².